The number of nitrogens with two attached hydrogens (primary N) is 1. The van der Waals surface area contributed by atoms with Gasteiger partial charge >= 0.3 is 0 Å². The fourth-order valence-corrected chi connectivity index (χ4v) is 2.27. The summed E-state index contributed by atoms with van der Waals surface area (Å²) in [4.78, 5) is 11.7. The molecule has 0 bridgehead atoms. The van der Waals surface area contributed by atoms with E-state index in [0.29, 0.717) is 18.2 Å². The Kier molecular flexibility index (Phi) is 4.28. The third-order valence-corrected chi connectivity index (χ3v) is 3.49. The molecule has 1 aromatic rings. The van der Waals surface area contributed by atoms with Crippen LogP contribution in [0.1, 0.15) is 33.1 Å². The van der Waals surface area contributed by atoms with Crippen LogP contribution >= 0.6 is 0 Å². The highest BCUT2D eigenvalue weighted by Crippen LogP contribution is 2.26. The first-order valence-electron chi connectivity index (χ1n) is 6.89. The molecule has 1 aliphatic rings. The van der Waals surface area contributed by atoms with Crippen molar-refractivity contribution in [1.29, 1.82) is 0 Å². The highest BCUT2D eigenvalue weighted by Gasteiger charge is 2.38. The Labute approximate surface area is 118 Å². The summed E-state index contributed by atoms with van der Waals surface area (Å²) < 4.78 is 18.5. The van der Waals surface area contributed by atoms with Crippen LogP contribution in [0, 0.1) is 5.82 Å². The van der Waals surface area contributed by atoms with E-state index >= 15 is 0 Å². The minimum absolute atomic E-state index is 0.204. The van der Waals surface area contributed by atoms with Crippen molar-refractivity contribution in [3.63, 3.8) is 0 Å². The SMILES string of the molecule is CC(CC(C)(NC1CC1)C(N)=O)Oc1ccc(F)cc1. The van der Waals surface area contributed by atoms with Crippen LogP contribution in [-0.4, -0.2) is 23.6 Å². The van der Waals surface area contributed by atoms with E-state index < -0.39 is 5.54 Å². The average Bonchev–Trinajstić information content (AvgIpc) is 3.15. The van der Waals surface area contributed by atoms with E-state index in [1.165, 1.54) is 12.1 Å². The van der Waals surface area contributed by atoms with Gasteiger partial charge in [-0.05, 0) is 51.0 Å². The van der Waals surface area contributed by atoms with Crippen molar-refractivity contribution < 1.29 is 13.9 Å². The van der Waals surface area contributed by atoms with E-state index in [-0.39, 0.29) is 17.8 Å². The Morgan fingerprint density at radius 2 is 2.10 bits per heavy atom. The van der Waals surface area contributed by atoms with Crippen LogP contribution in [0.3, 0.4) is 0 Å². The van der Waals surface area contributed by atoms with Crippen molar-refractivity contribution in [3.8, 4) is 5.75 Å². The molecule has 1 aliphatic carbocycles. The van der Waals surface area contributed by atoms with Gasteiger partial charge in [-0.25, -0.2) is 4.39 Å². The lowest BCUT2D eigenvalue weighted by Gasteiger charge is -2.30. The van der Waals surface area contributed by atoms with Gasteiger partial charge in [0.2, 0.25) is 5.91 Å². The second-order valence-electron chi connectivity index (χ2n) is 5.70. The van der Waals surface area contributed by atoms with E-state index in [4.69, 9.17) is 10.5 Å². The summed E-state index contributed by atoms with van der Waals surface area (Å²) in [6.45, 7) is 3.68. The van der Waals surface area contributed by atoms with Crippen molar-refractivity contribution >= 4 is 5.91 Å². The van der Waals surface area contributed by atoms with Crippen LogP contribution in [-0.2, 0) is 4.79 Å². The number of nitrogens with one attached hydrogen (secondary N) is 1. The van der Waals surface area contributed by atoms with E-state index in [2.05, 4.69) is 5.32 Å². The lowest BCUT2D eigenvalue weighted by Crippen LogP contribution is -2.55. The lowest BCUT2D eigenvalue weighted by molar-refractivity contribution is -0.124. The second kappa shape index (κ2) is 5.79. The zero-order valence-corrected chi connectivity index (χ0v) is 11.9. The molecule has 1 fully saturated rings. The predicted molar refractivity (Wildman–Crippen MR) is 74.9 cm³/mol. The van der Waals surface area contributed by atoms with Gasteiger partial charge in [-0.2, -0.15) is 0 Å². The van der Waals surface area contributed by atoms with Crippen LogP contribution in [0.25, 0.3) is 0 Å². The molecule has 0 aliphatic heterocycles. The average molecular weight is 280 g/mol. The fourth-order valence-electron chi connectivity index (χ4n) is 2.27. The molecule has 0 radical (unpaired) electrons. The summed E-state index contributed by atoms with van der Waals surface area (Å²) in [7, 11) is 0. The maximum atomic E-state index is 12.8. The first-order valence-corrected chi connectivity index (χ1v) is 6.89. The molecule has 2 rings (SSSR count). The van der Waals surface area contributed by atoms with Crippen LogP contribution in [0.4, 0.5) is 4.39 Å². The minimum Gasteiger partial charge on any atom is -0.491 e. The van der Waals surface area contributed by atoms with Gasteiger partial charge < -0.3 is 15.8 Å². The Morgan fingerprint density at radius 1 is 1.50 bits per heavy atom. The number of benzene rings is 1. The lowest BCUT2D eigenvalue weighted by atomic mass is 9.93. The number of hydrogen-bond acceptors (Lipinski definition) is 3. The van der Waals surface area contributed by atoms with Crippen molar-refractivity contribution in [2.24, 2.45) is 5.73 Å². The number of halogens is 1. The van der Waals surface area contributed by atoms with E-state index in [0.717, 1.165) is 12.8 Å². The Morgan fingerprint density at radius 3 is 2.60 bits per heavy atom. The van der Waals surface area contributed by atoms with Crippen molar-refractivity contribution in [3.05, 3.63) is 30.1 Å². The molecular weight excluding hydrogens is 259 g/mol. The molecule has 2 unspecified atom stereocenters. The minimum atomic E-state index is -0.777. The Bertz CT molecular complexity index is 473. The maximum Gasteiger partial charge on any atom is 0.237 e. The molecule has 4 nitrogen and oxygen atoms in total. The van der Waals surface area contributed by atoms with E-state index in [1.807, 2.05) is 6.92 Å². The van der Waals surface area contributed by atoms with Gasteiger partial charge in [-0.3, -0.25) is 4.79 Å². The molecule has 5 heteroatoms. The second-order valence-corrected chi connectivity index (χ2v) is 5.70. The maximum absolute atomic E-state index is 12.8. The molecule has 2 atom stereocenters. The molecule has 1 aromatic carbocycles. The van der Waals surface area contributed by atoms with Gasteiger partial charge in [-0.1, -0.05) is 0 Å². The van der Waals surface area contributed by atoms with E-state index in [9.17, 15) is 9.18 Å². The number of rotatable bonds is 7. The van der Waals surface area contributed by atoms with Crippen molar-refractivity contribution in [2.75, 3.05) is 0 Å². The third-order valence-electron chi connectivity index (χ3n) is 3.49. The third kappa shape index (κ3) is 3.93. The highest BCUT2D eigenvalue weighted by atomic mass is 19.1. The number of amides is 1. The summed E-state index contributed by atoms with van der Waals surface area (Å²) in [6.07, 6.45) is 2.42. The molecule has 1 saturated carbocycles. The summed E-state index contributed by atoms with van der Waals surface area (Å²) >= 11 is 0. The van der Waals surface area contributed by atoms with Crippen LogP contribution in [0.5, 0.6) is 5.75 Å². The zero-order valence-electron chi connectivity index (χ0n) is 11.9. The number of carbonyl (C=O) groups is 1. The topological polar surface area (TPSA) is 64.3 Å². The van der Waals surface area contributed by atoms with Crippen LogP contribution in [0.15, 0.2) is 24.3 Å². The molecule has 110 valence electrons. The largest absolute Gasteiger partial charge is 0.491 e. The van der Waals surface area contributed by atoms with E-state index in [1.54, 1.807) is 19.1 Å². The van der Waals surface area contributed by atoms with Crippen LogP contribution in [0.2, 0.25) is 0 Å². The molecule has 1 amide bonds. The number of hydrogen-bond donors (Lipinski definition) is 2. The van der Waals surface area contributed by atoms with Gasteiger partial charge in [0.25, 0.3) is 0 Å². The summed E-state index contributed by atoms with van der Waals surface area (Å²) in [5.41, 5.74) is 4.72. The molecular formula is C15H21FN2O2. The van der Waals surface area contributed by atoms with Gasteiger partial charge in [0, 0.05) is 12.5 Å². The normalized spacial score (nSPS) is 19.1. The predicted octanol–water partition coefficient (Wildman–Crippen LogP) is 1.98. The number of ether oxygens (including phenoxy) is 1. The summed E-state index contributed by atoms with van der Waals surface area (Å²) in [5.74, 6) is -0.0986. The standard InChI is InChI=1S/C15H21FN2O2/c1-10(20-13-7-3-11(16)4-8-13)9-15(2,14(17)19)18-12-5-6-12/h3-4,7-8,10,12,18H,5-6,9H2,1-2H3,(H2,17,19). The van der Waals surface area contributed by atoms with Gasteiger partial charge in [0.15, 0.2) is 0 Å². The highest BCUT2D eigenvalue weighted by molar-refractivity contribution is 5.84. The molecule has 0 spiro atoms. The van der Waals surface area contributed by atoms with Gasteiger partial charge in [0.05, 0.1) is 11.6 Å². The summed E-state index contributed by atoms with van der Waals surface area (Å²) in [5, 5.41) is 3.28. The van der Waals surface area contributed by atoms with Crippen molar-refractivity contribution in [1.82, 2.24) is 5.32 Å². The van der Waals surface area contributed by atoms with Crippen molar-refractivity contribution in [2.45, 2.75) is 50.8 Å². The number of primary amides is 1. The van der Waals surface area contributed by atoms with Gasteiger partial charge in [0.1, 0.15) is 11.6 Å². The summed E-state index contributed by atoms with van der Waals surface area (Å²) in [6, 6.07) is 6.21. The van der Waals surface area contributed by atoms with Crippen LogP contribution < -0.4 is 15.8 Å². The first kappa shape index (κ1) is 14.8. The zero-order chi connectivity index (χ0) is 14.8. The first-order chi connectivity index (χ1) is 9.39. The molecule has 0 aromatic heterocycles. The monoisotopic (exact) mass is 280 g/mol. The fraction of sp³-hybridized carbons (Fsp3) is 0.533. The quantitative estimate of drug-likeness (QED) is 0.802. The molecule has 3 N–H and O–H groups in total. The molecule has 0 heterocycles. The molecule has 20 heavy (non-hydrogen) atoms. The Balaban J connectivity index is 1.95. The smallest absolute Gasteiger partial charge is 0.237 e. The molecule has 0 saturated heterocycles. The number of carbonyl (C=O) groups excluding carboxylic acids is 1. The van der Waals surface area contributed by atoms with Gasteiger partial charge in [-0.15, -0.1) is 0 Å². The Hall–Kier alpha value is -1.62.